The fourth-order valence-electron chi connectivity index (χ4n) is 1.69. The SMILES string of the molecule is Nc1ccc(N2CCCC2)cc1F. The summed E-state index contributed by atoms with van der Waals surface area (Å²) in [6, 6.07) is 5.02. The molecule has 2 N–H and O–H groups in total. The first-order chi connectivity index (χ1) is 6.27. The Balaban J connectivity index is 2.25. The molecule has 1 heterocycles. The van der Waals surface area contributed by atoms with E-state index in [0.717, 1.165) is 18.8 Å². The first-order valence-corrected chi connectivity index (χ1v) is 4.57. The van der Waals surface area contributed by atoms with E-state index in [2.05, 4.69) is 4.90 Å². The number of halogens is 1. The van der Waals surface area contributed by atoms with Gasteiger partial charge in [0.15, 0.2) is 0 Å². The van der Waals surface area contributed by atoms with Crippen molar-refractivity contribution in [2.45, 2.75) is 12.8 Å². The summed E-state index contributed by atoms with van der Waals surface area (Å²) in [4.78, 5) is 2.18. The average molecular weight is 180 g/mol. The lowest BCUT2D eigenvalue weighted by atomic mass is 10.2. The fourth-order valence-corrected chi connectivity index (χ4v) is 1.69. The van der Waals surface area contributed by atoms with Crippen LogP contribution in [0.5, 0.6) is 0 Å². The Morgan fingerprint density at radius 2 is 1.92 bits per heavy atom. The Bertz CT molecular complexity index is 306. The normalized spacial score (nSPS) is 16.5. The maximum absolute atomic E-state index is 13.1. The van der Waals surface area contributed by atoms with Gasteiger partial charge in [-0.05, 0) is 31.0 Å². The molecule has 2 nitrogen and oxygen atoms in total. The summed E-state index contributed by atoms with van der Waals surface area (Å²) in [6.45, 7) is 2.06. The molecule has 0 atom stereocenters. The van der Waals surface area contributed by atoms with E-state index >= 15 is 0 Å². The lowest BCUT2D eigenvalue weighted by Gasteiger charge is -2.17. The largest absolute Gasteiger partial charge is 0.396 e. The highest BCUT2D eigenvalue weighted by atomic mass is 19.1. The van der Waals surface area contributed by atoms with E-state index in [1.165, 1.54) is 18.9 Å². The van der Waals surface area contributed by atoms with Crippen LogP contribution in [0.4, 0.5) is 15.8 Å². The van der Waals surface area contributed by atoms with Gasteiger partial charge in [-0.3, -0.25) is 0 Å². The highest BCUT2D eigenvalue weighted by Crippen LogP contribution is 2.23. The first kappa shape index (κ1) is 8.35. The van der Waals surface area contributed by atoms with Crippen LogP contribution in [0.1, 0.15) is 12.8 Å². The molecule has 1 aromatic carbocycles. The summed E-state index contributed by atoms with van der Waals surface area (Å²) in [5.41, 5.74) is 6.57. The molecule has 1 aliphatic heterocycles. The van der Waals surface area contributed by atoms with Crippen molar-refractivity contribution < 1.29 is 4.39 Å². The Kier molecular flexibility index (Phi) is 2.08. The van der Waals surface area contributed by atoms with E-state index in [4.69, 9.17) is 5.73 Å². The van der Waals surface area contributed by atoms with Crippen molar-refractivity contribution in [1.29, 1.82) is 0 Å². The molecule has 0 aliphatic carbocycles. The molecule has 0 radical (unpaired) electrons. The molecule has 1 aliphatic rings. The average Bonchev–Trinajstić information content (AvgIpc) is 2.62. The first-order valence-electron chi connectivity index (χ1n) is 4.57. The molecule has 0 spiro atoms. The standard InChI is InChI=1S/C10H13FN2/c11-9-7-8(3-4-10(9)12)13-5-1-2-6-13/h3-4,7H,1-2,5-6,12H2. The maximum atomic E-state index is 13.1. The zero-order valence-electron chi connectivity index (χ0n) is 7.46. The molecule has 2 rings (SSSR count). The van der Waals surface area contributed by atoms with Gasteiger partial charge in [0.2, 0.25) is 0 Å². The van der Waals surface area contributed by atoms with Gasteiger partial charge >= 0.3 is 0 Å². The second kappa shape index (κ2) is 3.24. The van der Waals surface area contributed by atoms with Gasteiger partial charge in [-0.2, -0.15) is 0 Å². The summed E-state index contributed by atoms with van der Waals surface area (Å²) in [6.07, 6.45) is 2.40. The van der Waals surface area contributed by atoms with E-state index in [1.54, 1.807) is 6.07 Å². The minimum atomic E-state index is -0.315. The number of nitrogens with two attached hydrogens (primary N) is 1. The Labute approximate surface area is 77.2 Å². The van der Waals surface area contributed by atoms with E-state index in [-0.39, 0.29) is 11.5 Å². The third-order valence-electron chi connectivity index (χ3n) is 2.46. The van der Waals surface area contributed by atoms with Crippen LogP contribution in [-0.2, 0) is 0 Å². The van der Waals surface area contributed by atoms with Crippen LogP contribution in [0.3, 0.4) is 0 Å². The topological polar surface area (TPSA) is 29.3 Å². The Hall–Kier alpha value is -1.25. The van der Waals surface area contributed by atoms with Crippen molar-refractivity contribution in [3.05, 3.63) is 24.0 Å². The van der Waals surface area contributed by atoms with Crippen molar-refractivity contribution in [2.75, 3.05) is 23.7 Å². The second-order valence-electron chi connectivity index (χ2n) is 3.40. The zero-order chi connectivity index (χ0) is 9.26. The lowest BCUT2D eigenvalue weighted by molar-refractivity contribution is 0.632. The highest BCUT2D eigenvalue weighted by molar-refractivity contribution is 5.54. The van der Waals surface area contributed by atoms with Gasteiger partial charge in [-0.1, -0.05) is 0 Å². The Morgan fingerprint density at radius 3 is 2.54 bits per heavy atom. The summed E-state index contributed by atoms with van der Waals surface area (Å²) in [7, 11) is 0. The van der Waals surface area contributed by atoms with Gasteiger partial charge in [-0.25, -0.2) is 4.39 Å². The molecule has 0 saturated carbocycles. The zero-order valence-corrected chi connectivity index (χ0v) is 7.46. The summed E-state index contributed by atoms with van der Waals surface area (Å²) >= 11 is 0. The van der Waals surface area contributed by atoms with E-state index < -0.39 is 0 Å². The molecule has 0 unspecified atom stereocenters. The third-order valence-corrected chi connectivity index (χ3v) is 2.46. The number of anilines is 2. The lowest BCUT2D eigenvalue weighted by Crippen LogP contribution is -2.17. The fraction of sp³-hybridized carbons (Fsp3) is 0.400. The van der Waals surface area contributed by atoms with Gasteiger partial charge in [0.25, 0.3) is 0 Å². The van der Waals surface area contributed by atoms with Crippen molar-refractivity contribution in [3.8, 4) is 0 Å². The minimum Gasteiger partial charge on any atom is -0.396 e. The predicted octanol–water partition coefficient (Wildman–Crippen LogP) is 2.01. The van der Waals surface area contributed by atoms with Crippen LogP contribution in [-0.4, -0.2) is 13.1 Å². The van der Waals surface area contributed by atoms with Crippen molar-refractivity contribution in [2.24, 2.45) is 0 Å². The molecule has 0 amide bonds. The van der Waals surface area contributed by atoms with Crippen LogP contribution in [0.25, 0.3) is 0 Å². The monoisotopic (exact) mass is 180 g/mol. The van der Waals surface area contributed by atoms with Gasteiger partial charge in [0, 0.05) is 18.8 Å². The quantitative estimate of drug-likeness (QED) is 0.670. The molecule has 1 fully saturated rings. The number of nitrogens with zero attached hydrogens (tertiary/aromatic N) is 1. The molecule has 3 heteroatoms. The van der Waals surface area contributed by atoms with Gasteiger partial charge < -0.3 is 10.6 Å². The van der Waals surface area contributed by atoms with Gasteiger partial charge in [-0.15, -0.1) is 0 Å². The van der Waals surface area contributed by atoms with Crippen LogP contribution in [0.2, 0.25) is 0 Å². The van der Waals surface area contributed by atoms with Crippen LogP contribution in [0, 0.1) is 5.82 Å². The molecule has 13 heavy (non-hydrogen) atoms. The molecule has 0 aromatic heterocycles. The highest BCUT2D eigenvalue weighted by Gasteiger charge is 2.12. The molecule has 0 bridgehead atoms. The molecule has 70 valence electrons. The number of hydrogen-bond donors (Lipinski definition) is 1. The number of rotatable bonds is 1. The maximum Gasteiger partial charge on any atom is 0.148 e. The number of benzene rings is 1. The molecular weight excluding hydrogens is 167 g/mol. The molecule has 1 saturated heterocycles. The van der Waals surface area contributed by atoms with Gasteiger partial charge in [0.1, 0.15) is 5.82 Å². The second-order valence-corrected chi connectivity index (χ2v) is 3.40. The Morgan fingerprint density at radius 1 is 1.23 bits per heavy atom. The molecule has 1 aromatic rings. The summed E-state index contributed by atoms with van der Waals surface area (Å²) < 4.78 is 13.1. The van der Waals surface area contributed by atoms with Crippen molar-refractivity contribution in [1.82, 2.24) is 0 Å². The smallest absolute Gasteiger partial charge is 0.148 e. The minimum absolute atomic E-state index is 0.225. The number of hydrogen-bond acceptors (Lipinski definition) is 2. The molecular formula is C10H13FN2. The van der Waals surface area contributed by atoms with Crippen molar-refractivity contribution >= 4 is 11.4 Å². The summed E-state index contributed by atoms with van der Waals surface area (Å²) in [5.74, 6) is -0.315. The van der Waals surface area contributed by atoms with E-state index in [9.17, 15) is 4.39 Å². The van der Waals surface area contributed by atoms with Crippen LogP contribution < -0.4 is 10.6 Å². The van der Waals surface area contributed by atoms with E-state index in [1.807, 2.05) is 6.07 Å². The third kappa shape index (κ3) is 1.59. The summed E-state index contributed by atoms with van der Waals surface area (Å²) in [5, 5.41) is 0. The van der Waals surface area contributed by atoms with Crippen LogP contribution in [0.15, 0.2) is 18.2 Å². The van der Waals surface area contributed by atoms with Crippen molar-refractivity contribution in [3.63, 3.8) is 0 Å². The van der Waals surface area contributed by atoms with Gasteiger partial charge in [0.05, 0.1) is 5.69 Å². The predicted molar refractivity (Wildman–Crippen MR) is 52.3 cm³/mol. The van der Waals surface area contributed by atoms with E-state index in [0.29, 0.717) is 0 Å². The van der Waals surface area contributed by atoms with Crippen LogP contribution >= 0.6 is 0 Å². The number of nitrogen functional groups attached to an aromatic ring is 1.